The van der Waals surface area contributed by atoms with Gasteiger partial charge in [0.15, 0.2) is 15.8 Å². The number of benzene rings is 1. The summed E-state index contributed by atoms with van der Waals surface area (Å²) in [6.45, 7) is 12.6. The minimum absolute atomic E-state index is 0. The maximum Gasteiger partial charge on any atom is 0.194 e. The maximum atomic E-state index is 12.3. The lowest BCUT2D eigenvalue weighted by atomic mass is 9.99. The van der Waals surface area contributed by atoms with Gasteiger partial charge in [-0.2, -0.15) is 0 Å². The van der Waals surface area contributed by atoms with Crippen molar-refractivity contribution in [1.29, 1.82) is 0 Å². The molecule has 0 saturated carbocycles. The third kappa shape index (κ3) is 6.02. The molecule has 0 radical (unpaired) electrons. The van der Waals surface area contributed by atoms with Crippen LogP contribution in [0, 0.1) is 5.92 Å². The van der Waals surface area contributed by atoms with Crippen molar-refractivity contribution in [2.75, 3.05) is 43.4 Å². The van der Waals surface area contributed by atoms with Crippen LogP contribution in [0.25, 0.3) is 0 Å². The molecule has 6 nitrogen and oxygen atoms in total. The Hall–Kier alpha value is -1.03. The molecule has 0 bridgehead atoms. The molecule has 30 heavy (non-hydrogen) atoms. The van der Waals surface area contributed by atoms with Gasteiger partial charge in [-0.05, 0) is 57.2 Å². The van der Waals surface area contributed by atoms with E-state index in [-0.39, 0.29) is 29.7 Å². The molecule has 3 rings (SSSR count). The lowest BCUT2D eigenvalue weighted by Crippen LogP contribution is -2.57. The highest BCUT2D eigenvalue weighted by Crippen LogP contribution is 2.25. The summed E-state index contributed by atoms with van der Waals surface area (Å²) in [4.78, 5) is 9.34. The van der Waals surface area contributed by atoms with Gasteiger partial charge in [0.05, 0.1) is 17.0 Å². The highest BCUT2D eigenvalue weighted by molar-refractivity contribution is 14.0. The molecule has 0 spiro atoms. The van der Waals surface area contributed by atoms with Crippen LogP contribution in [0.4, 0.5) is 5.69 Å². The maximum absolute atomic E-state index is 12.3. The molecule has 8 heteroatoms. The van der Waals surface area contributed by atoms with Crippen molar-refractivity contribution < 1.29 is 8.42 Å². The quantitative estimate of drug-likeness (QED) is 0.355. The zero-order valence-corrected chi connectivity index (χ0v) is 21.9. The predicted molar refractivity (Wildman–Crippen MR) is 137 cm³/mol. The van der Waals surface area contributed by atoms with Crippen LogP contribution in [0.3, 0.4) is 0 Å². The van der Waals surface area contributed by atoms with Gasteiger partial charge < -0.3 is 15.1 Å². The van der Waals surface area contributed by atoms with Crippen LogP contribution in [-0.2, 0) is 16.4 Å². The number of rotatable bonds is 4. The molecule has 170 valence electrons. The number of halogens is 1. The van der Waals surface area contributed by atoms with Gasteiger partial charge in [0, 0.05) is 38.4 Å². The Morgan fingerprint density at radius 3 is 2.37 bits per heavy atom. The van der Waals surface area contributed by atoms with E-state index in [1.165, 1.54) is 24.1 Å². The summed E-state index contributed by atoms with van der Waals surface area (Å²) >= 11 is 0. The Kier molecular flexibility index (Phi) is 8.85. The molecule has 2 heterocycles. The van der Waals surface area contributed by atoms with Crippen LogP contribution in [0.15, 0.2) is 29.3 Å². The minimum Gasteiger partial charge on any atom is -0.372 e. The highest BCUT2D eigenvalue weighted by Gasteiger charge is 2.40. The van der Waals surface area contributed by atoms with Crippen molar-refractivity contribution in [3.63, 3.8) is 0 Å². The molecule has 0 aliphatic carbocycles. The van der Waals surface area contributed by atoms with E-state index in [0.29, 0.717) is 19.6 Å². The van der Waals surface area contributed by atoms with Crippen LogP contribution >= 0.6 is 24.0 Å². The van der Waals surface area contributed by atoms with E-state index >= 15 is 0 Å². The van der Waals surface area contributed by atoms with Gasteiger partial charge >= 0.3 is 0 Å². The molecule has 0 atom stereocenters. The Morgan fingerprint density at radius 2 is 1.80 bits per heavy atom. The van der Waals surface area contributed by atoms with Crippen molar-refractivity contribution in [3.05, 3.63) is 29.8 Å². The summed E-state index contributed by atoms with van der Waals surface area (Å²) in [6, 6.07) is 8.71. The van der Waals surface area contributed by atoms with Gasteiger partial charge in [-0.3, -0.25) is 0 Å². The number of hydrogen-bond acceptors (Lipinski definition) is 4. The fraction of sp³-hybridized carbons (Fsp3) is 0.682. The van der Waals surface area contributed by atoms with E-state index in [2.05, 4.69) is 46.3 Å². The van der Waals surface area contributed by atoms with Gasteiger partial charge in [-0.1, -0.05) is 19.1 Å². The Labute approximate surface area is 199 Å². The summed E-state index contributed by atoms with van der Waals surface area (Å²) in [5, 5.41) is 3.33. The van der Waals surface area contributed by atoms with Gasteiger partial charge in [0.2, 0.25) is 0 Å². The molecular formula is C22H37IN4O2S. The van der Waals surface area contributed by atoms with Crippen molar-refractivity contribution in [3.8, 4) is 0 Å². The first-order valence-corrected chi connectivity index (χ1v) is 12.5. The molecule has 1 aromatic carbocycles. The van der Waals surface area contributed by atoms with Crippen LogP contribution in [0.1, 0.15) is 46.1 Å². The third-order valence-electron chi connectivity index (χ3n) is 6.17. The number of guanidine groups is 1. The molecule has 2 aliphatic rings. The smallest absolute Gasteiger partial charge is 0.194 e. The minimum atomic E-state index is -3.06. The van der Waals surface area contributed by atoms with Crippen LogP contribution in [0.2, 0.25) is 0 Å². The lowest BCUT2D eigenvalue weighted by Gasteiger charge is -2.39. The number of nitrogens with one attached hydrogen (secondary N) is 1. The second kappa shape index (κ2) is 10.5. The number of hydrogen-bond donors (Lipinski definition) is 1. The number of sulfone groups is 1. The van der Waals surface area contributed by atoms with E-state index < -0.39 is 14.6 Å². The summed E-state index contributed by atoms with van der Waals surface area (Å²) in [7, 11) is -3.06. The summed E-state index contributed by atoms with van der Waals surface area (Å²) in [6.07, 6.45) is 2.53. The second-order valence-electron chi connectivity index (χ2n) is 9.01. The Bertz CT molecular complexity index is 816. The Balaban J connectivity index is 0.00000320. The largest absolute Gasteiger partial charge is 0.372 e. The molecule has 0 amide bonds. The Morgan fingerprint density at radius 1 is 1.17 bits per heavy atom. The lowest BCUT2D eigenvalue weighted by molar-refractivity contribution is 0.353. The third-order valence-corrected chi connectivity index (χ3v) is 8.71. The van der Waals surface area contributed by atoms with E-state index in [9.17, 15) is 8.42 Å². The molecule has 2 aliphatic heterocycles. The monoisotopic (exact) mass is 548 g/mol. The van der Waals surface area contributed by atoms with Gasteiger partial charge in [0.1, 0.15) is 0 Å². The number of anilines is 1. The highest BCUT2D eigenvalue weighted by atomic mass is 127. The van der Waals surface area contributed by atoms with E-state index in [0.717, 1.165) is 31.5 Å². The molecule has 1 aromatic rings. The predicted octanol–water partition coefficient (Wildman–Crippen LogP) is 3.52. The van der Waals surface area contributed by atoms with Crippen molar-refractivity contribution >= 4 is 45.5 Å². The molecule has 1 N–H and O–H groups in total. The first-order chi connectivity index (χ1) is 13.7. The molecule has 0 aromatic heterocycles. The molecule has 2 saturated heterocycles. The standard InChI is InChI=1S/C22H36N4O2S.HI/c1-5-23-21(26-14-15-29(27,28)22(3,4)17-26)24-16-19-6-8-20(9-7-19)25-12-10-18(2)11-13-25;/h6-9,18H,5,10-17H2,1-4H3,(H,23,24);1H. The number of aliphatic imine (C=N–C) groups is 1. The average molecular weight is 549 g/mol. The zero-order chi connectivity index (χ0) is 21.1. The summed E-state index contributed by atoms with van der Waals surface area (Å²) in [5.41, 5.74) is 2.46. The van der Waals surface area contributed by atoms with Gasteiger partial charge in [-0.25, -0.2) is 13.4 Å². The van der Waals surface area contributed by atoms with Crippen molar-refractivity contribution in [2.24, 2.45) is 10.9 Å². The fourth-order valence-electron chi connectivity index (χ4n) is 4.00. The summed E-state index contributed by atoms with van der Waals surface area (Å²) < 4.78 is 23.8. The topological polar surface area (TPSA) is 65.0 Å². The van der Waals surface area contributed by atoms with E-state index in [1.807, 2.05) is 6.92 Å². The second-order valence-corrected chi connectivity index (χ2v) is 11.7. The molecule has 0 unspecified atom stereocenters. The van der Waals surface area contributed by atoms with E-state index in [4.69, 9.17) is 4.99 Å². The first kappa shape index (κ1) is 25.2. The average Bonchev–Trinajstić information content (AvgIpc) is 2.68. The van der Waals surface area contributed by atoms with Gasteiger partial charge in [0.25, 0.3) is 0 Å². The van der Waals surface area contributed by atoms with Crippen LogP contribution in [-0.4, -0.2) is 62.5 Å². The fourth-order valence-corrected chi connectivity index (χ4v) is 5.36. The first-order valence-electron chi connectivity index (χ1n) is 10.8. The van der Waals surface area contributed by atoms with Crippen molar-refractivity contribution in [2.45, 2.75) is 51.8 Å². The van der Waals surface area contributed by atoms with E-state index in [1.54, 1.807) is 13.8 Å². The molecule has 2 fully saturated rings. The SMILES string of the molecule is CCNC(=NCc1ccc(N2CCC(C)CC2)cc1)N1CCS(=O)(=O)C(C)(C)C1.I. The van der Waals surface area contributed by atoms with Crippen LogP contribution in [0.5, 0.6) is 0 Å². The molecular weight excluding hydrogens is 511 g/mol. The number of piperidine rings is 1. The normalized spacial score (nSPS) is 21.8. The van der Waals surface area contributed by atoms with Gasteiger partial charge in [-0.15, -0.1) is 24.0 Å². The van der Waals surface area contributed by atoms with Crippen LogP contribution < -0.4 is 10.2 Å². The zero-order valence-electron chi connectivity index (χ0n) is 18.7. The van der Waals surface area contributed by atoms with Crippen molar-refractivity contribution in [1.82, 2.24) is 10.2 Å². The summed E-state index contributed by atoms with van der Waals surface area (Å²) in [5.74, 6) is 1.80. The number of nitrogens with zero attached hydrogens (tertiary/aromatic N) is 3.